The maximum atomic E-state index is 12.1. The summed E-state index contributed by atoms with van der Waals surface area (Å²) in [7, 11) is 0. The fraction of sp³-hybridized carbons (Fsp3) is 0.150. The minimum Gasteiger partial charge on any atom is -0.462 e. The molecule has 8 nitrogen and oxygen atoms in total. The maximum absolute atomic E-state index is 12.1. The number of nitrogens with one attached hydrogen (secondary N) is 2. The number of carbonyl (C=O) groups is 2. The minimum atomic E-state index is -0.366. The fourth-order valence-corrected chi connectivity index (χ4v) is 2.33. The second-order valence-electron chi connectivity index (χ2n) is 5.71. The van der Waals surface area contributed by atoms with E-state index in [9.17, 15) is 9.59 Å². The Morgan fingerprint density at radius 3 is 2.46 bits per heavy atom. The molecule has 142 valence electrons. The monoisotopic (exact) mass is 377 g/mol. The summed E-state index contributed by atoms with van der Waals surface area (Å²) in [5.74, 6) is -0.219. The zero-order chi connectivity index (χ0) is 19.8. The first-order valence-electron chi connectivity index (χ1n) is 8.70. The quantitative estimate of drug-likeness (QED) is 0.610. The van der Waals surface area contributed by atoms with Crippen molar-refractivity contribution in [3.05, 3.63) is 78.0 Å². The molecule has 3 rings (SSSR count). The van der Waals surface area contributed by atoms with Crippen LogP contribution in [0, 0.1) is 0 Å². The van der Waals surface area contributed by atoms with Crippen LogP contribution in [-0.2, 0) is 11.3 Å². The molecule has 28 heavy (non-hydrogen) atoms. The molecule has 3 aromatic rings. The molecule has 0 aliphatic heterocycles. The molecule has 2 heterocycles. The van der Waals surface area contributed by atoms with Gasteiger partial charge in [0.15, 0.2) is 0 Å². The summed E-state index contributed by atoms with van der Waals surface area (Å²) in [6.07, 6.45) is 4.53. The zero-order valence-electron chi connectivity index (χ0n) is 15.3. The van der Waals surface area contributed by atoms with Gasteiger partial charge in [-0.25, -0.2) is 14.8 Å². The molecule has 0 aliphatic carbocycles. The first-order chi connectivity index (χ1) is 13.7. The summed E-state index contributed by atoms with van der Waals surface area (Å²) in [4.78, 5) is 36.3. The van der Waals surface area contributed by atoms with Crippen LogP contribution in [0.25, 0.3) is 0 Å². The van der Waals surface area contributed by atoms with Crippen molar-refractivity contribution < 1.29 is 14.3 Å². The molecule has 0 unspecified atom stereocenters. The molecule has 8 heteroatoms. The Morgan fingerprint density at radius 1 is 1.00 bits per heavy atom. The number of nitrogens with zero attached hydrogens (tertiary/aromatic N) is 3. The number of esters is 1. The lowest BCUT2D eigenvalue weighted by molar-refractivity contribution is 0.0526. The van der Waals surface area contributed by atoms with Crippen LogP contribution in [0.3, 0.4) is 0 Å². The first-order valence-corrected chi connectivity index (χ1v) is 8.70. The molecule has 2 N–H and O–H groups in total. The third kappa shape index (κ3) is 5.10. The van der Waals surface area contributed by atoms with Crippen LogP contribution in [0.15, 0.2) is 61.1 Å². The maximum Gasteiger partial charge on any atom is 0.338 e. The lowest BCUT2D eigenvalue weighted by Gasteiger charge is -2.08. The average Bonchev–Trinajstić information content (AvgIpc) is 2.74. The summed E-state index contributed by atoms with van der Waals surface area (Å²) in [5, 5.41) is 5.80. The highest BCUT2D eigenvalue weighted by Crippen LogP contribution is 2.15. The second kappa shape index (κ2) is 9.22. The van der Waals surface area contributed by atoms with E-state index < -0.39 is 0 Å². The lowest BCUT2D eigenvalue weighted by atomic mass is 10.2. The molecule has 0 saturated carbocycles. The van der Waals surface area contributed by atoms with Crippen LogP contribution >= 0.6 is 0 Å². The number of benzene rings is 1. The molecule has 0 spiro atoms. The summed E-state index contributed by atoms with van der Waals surface area (Å²) in [6.45, 7) is 2.40. The van der Waals surface area contributed by atoms with Crippen LogP contribution < -0.4 is 10.6 Å². The van der Waals surface area contributed by atoms with Gasteiger partial charge in [-0.2, -0.15) is 0 Å². The van der Waals surface area contributed by atoms with Crippen molar-refractivity contribution in [2.45, 2.75) is 13.5 Å². The second-order valence-corrected chi connectivity index (χ2v) is 5.71. The number of ether oxygens (including phenoxy) is 1. The van der Waals surface area contributed by atoms with E-state index in [1.165, 1.54) is 12.4 Å². The number of hydrogen-bond acceptors (Lipinski definition) is 7. The molecule has 1 aromatic carbocycles. The van der Waals surface area contributed by atoms with Crippen LogP contribution in [-0.4, -0.2) is 33.4 Å². The highest BCUT2D eigenvalue weighted by molar-refractivity contribution is 5.92. The molecule has 0 bridgehead atoms. The minimum absolute atomic E-state index is 0.208. The highest BCUT2D eigenvalue weighted by atomic mass is 16.5. The van der Waals surface area contributed by atoms with Gasteiger partial charge in [0.1, 0.15) is 11.5 Å². The van der Waals surface area contributed by atoms with E-state index in [0.29, 0.717) is 24.5 Å². The van der Waals surface area contributed by atoms with Gasteiger partial charge in [-0.05, 0) is 43.3 Å². The van der Waals surface area contributed by atoms with Crippen LogP contribution in [0.4, 0.5) is 11.5 Å². The molecular formula is C20H19N5O3. The lowest BCUT2D eigenvalue weighted by Crippen LogP contribution is -2.24. The Morgan fingerprint density at radius 2 is 1.82 bits per heavy atom. The van der Waals surface area contributed by atoms with Crippen LogP contribution in [0.5, 0.6) is 0 Å². The van der Waals surface area contributed by atoms with Crippen molar-refractivity contribution >= 4 is 23.4 Å². The Hall–Kier alpha value is -3.81. The molecular weight excluding hydrogens is 358 g/mol. The van der Waals surface area contributed by atoms with E-state index in [0.717, 1.165) is 11.4 Å². The van der Waals surface area contributed by atoms with Gasteiger partial charge in [0.25, 0.3) is 5.91 Å². The van der Waals surface area contributed by atoms with Crippen molar-refractivity contribution in [3.63, 3.8) is 0 Å². The van der Waals surface area contributed by atoms with Crippen molar-refractivity contribution in [2.24, 2.45) is 0 Å². The van der Waals surface area contributed by atoms with Crippen molar-refractivity contribution in [2.75, 3.05) is 11.9 Å². The molecule has 0 radical (unpaired) electrons. The highest BCUT2D eigenvalue weighted by Gasteiger charge is 2.09. The fourth-order valence-electron chi connectivity index (χ4n) is 2.33. The van der Waals surface area contributed by atoms with Crippen molar-refractivity contribution in [1.82, 2.24) is 20.3 Å². The van der Waals surface area contributed by atoms with Gasteiger partial charge < -0.3 is 15.4 Å². The molecule has 0 aliphatic rings. The molecule has 0 saturated heterocycles. The molecule has 0 fully saturated rings. The summed E-state index contributed by atoms with van der Waals surface area (Å²) in [6, 6.07) is 12.3. The van der Waals surface area contributed by atoms with Gasteiger partial charge >= 0.3 is 5.97 Å². The Bertz CT molecular complexity index is 928. The van der Waals surface area contributed by atoms with Crippen molar-refractivity contribution in [1.29, 1.82) is 0 Å². The Kier molecular flexibility index (Phi) is 6.25. The predicted octanol–water partition coefficient (Wildman–Crippen LogP) is 2.72. The first kappa shape index (κ1) is 19.0. The van der Waals surface area contributed by atoms with Gasteiger partial charge in [-0.3, -0.25) is 9.78 Å². The number of amides is 1. The Labute approximate surface area is 162 Å². The van der Waals surface area contributed by atoms with Gasteiger partial charge in [-0.1, -0.05) is 6.07 Å². The number of rotatable bonds is 7. The summed E-state index contributed by atoms with van der Waals surface area (Å²) < 4.78 is 4.95. The van der Waals surface area contributed by atoms with Gasteiger partial charge in [0.2, 0.25) is 0 Å². The standard InChI is InChI=1S/C20H19N5O3/c1-2-28-20(27)14-6-8-15(9-7-14)25-18-13-22-17(12-23-18)19(26)24-11-16-5-3-4-10-21-16/h3-10,12-13H,2,11H2,1H3,(H,23,25)(H,24,26). The molecule has 0 atom stereocenters. The van der Waals surface area contributed by atoms with Gasteiger partial charge in [0.05, 0.1) is 36.8 Å². The average molecular weight is 377 g/mol. The molecule has 2 aromatic heterocycles. The van der Waals surface area contributed by atoms with E-state index in [4.69, 9.17) is 4.74 Å². The number of pyridine rings is 1. The van der Waals surface area contributed by atoms with Crippen molar-refractivity contribution in [3.8, 4) is 0 Å². The number of carbonyl (C=O) groups excluding carboxylic acids is 2. The number of anilines is 2. The smallest absolute Gasteiger partial charge is 0.338 e. The zero-order valence-corrected chi connectivity index (χ0v) is 15.3. The Balaban J connectivity index is 1.56. The normalized spacial score (nSPS) is 10.2. The third-order valence-electron chi connectivity index (χ3n) is 3.71. The largest absolute Gasteiger partial charge is 0.462 e. The predicted molar refractivity (Wildman–Crippen MR) is 103 cm³/mol. The number of aromatic nitrogens is 3. The third-order valence-corrected chi connectivity index (χ3v) is 3.71. The van der Waals surface area contributed by atoms with E-state index in [1.54, 1.807) is 37.4 Å². The van der Waals surface area contributed by atoms with E-state index in [1.807, 2.05) is 18.2 Å². The number of hydrogen-bond donors (Lipinski definition) is 2. The van der Waals surface area contributed by atoms with E-state index in [2.05, 4.69) is 25.6 Å². The van der Waals surface area contributed by atoms with Gasteiger partial charge in [-0.15, -0.1) is 0 Å². The molecule has 1 amide bonds. The summed E-state index contributed by atoms with van der Waals surface area (Å²) >= 11 is 0. The topological polar surface area (TPSA) is 106 Å². The van der Waals surface area contributed by atoms with E-state index in [-0.39, 0.29) is 17.6 Å². The SMILES string of the molecule is CCOC(=O)c1ccc(Nc2cnc(C(=O)NCc3ccccn3)cn2)cc1. The van der Waals surface area contributed by atoms with E-state index >= 15 is 0 Å². The van der Waals surface area contributed by atoms with Crippen LogP contribution in [0.1, 0.15) is 33.5 Å². The summed E-state index contributed by atoms with van der Waals surface area (Å²) in [5.41, 5.74) is 2.17. The van der Waals surface area contributed by atoms with Crippen LogP contribution in [0.2, 0.25) is 0 Å². The van der Waals surface area contributed by atoms with Gasteiger partial charge in [0, 0.05) is 11.9 Å².